The SMILES string of the molecule is Nc1c(NC2CC2)ccc2ncccc12. The third kappa shape index (κ3) is 1.50. The Hall–Kier alpha value is -1.77. The molecule has 1 heterocycles. The van der Waals surface area contributed by atoms with Crippen molar-refractivity contribution in [3.05, 3.63) is 30.5 Å². The molecule has 1 fully saturated rings. The zero-order valence-electron chi connectivity index (χ0n) is 8.40. The second-order valence-corrected chi connectivity index (χ2v) is 4.02. The maximum Gasteiger partial charge on any atom is 0.0724 e. The van der Waals surface area contributed by atoms with E-state index in [9.17, 15) is 0 Å². The molecular weight excluding hydrogens is 186 g/mol. The normalized spacial score (nSPS) is 15.5. The van der Waals surface area contributed by atoms with Gasteiger partial charge in [-0.25, -0.2) is 0 Å². The second kappa shape index (κ2) is 3.12. The summed E-state index contributed by atoms with van der Waals surface area (Å²) in [6, 6.07) is 8.58. The van der Waals surface area contributed by atoms with Gasteiger partial charge in [0.1, 0.15) is 0 Å². The number of anilines is 2. The molecule has 1 saturated carbocycles. The first-order valence-corrected chi connectivity index (χ1v) is 5.24. The van der Waals surface area contributed by atoms with Gasteiger partial charge in [-0.05, 0) is 37.1 Å². The topological polar surface area (TPSA) is 50.9 Å². The number of pyridine rings is 1. The molecule has 0 saturated heterocycles. The summed E-state index contributed by atoms with van der Waals surface area (Å²) >= 11 is 0. The van der Waals surface area contributed by atoms with Crippen LogP contribution in [0, 0.1) is 0 Å². The van der Waals surface area contributed by atoms with Gasteiger partial charge in [0.2, 0.25) is 0 Å². The Morgan fingerprint density at radius 1 is 1.27 bits per heavy atom. The Bertz CT molecular complexity index is 503. The van der Waals surface area contributed by atoms with Crippen molar-refractivity contribution in [2.45, 2.75) is 18.9 Å². The fraction of sp³-hybridized carbons (Fsp3) is 0.250. The van der Waals surface area contributed by atoms with E-state index < -0.39 is 0 Å². The van der Waals surface area contributed by atoms with Gasteiger partial charge < -0.3 is 11.1 Å². The summed E-state index contributed by atoms with van der Waals surface area (Å²) in [4.78, 5) is 4.27. The van der Waals surface area contributed by atoms with Crippen LogP contribution in [0.3, 0.4) is 0 Å². The van der Waals surface area contributed by atoms with Crippen LogP contribution in [0.4, 0.5) is 11.4 Å². The van der Waals surface area contributed by atoms with Crippen LogP contribution >= 0.6 is 0 Å². The molecule has 0 bridgehead atoms. The average Bonchev–Trinajstić information content (AvgIpc) is 3.07. The summed E-state index contributed by atoms with van der Waals surface area (Å²) in [6.07, 6.45) is 4.30. The van der Waals surface area contributed by atoms with E-state index in [4.69, 9.17) is 5.73 Å². The molecule has 0 atom stereocenters. The molecule has 1 aliphatic rings. The summed E-state index contributed by atoms with van der Waals surface area (Å²) < 4.78 is 0. The highest BCUT2D eigenvalue weighted by Gasteiger charge is 2.21. The van der Waals surface area contributed by atoms with Crippen molar-refractivity contribution in [3.63, 3.8) is 0 Å². The molecule has 0 aliphatic heterocycles. The maximum atomic E-state index is 6.09. The fourth-order valence-electron chi connectivity index (χ4n) is 1.75. The molecule has 3 heteroatoms. The summed E-state index contributed by atoms with van der Waals surface area (Å²) in [6.45, 7) is 0. The van der Waals surface area contributed by atoms with E-state index in [0.29, 0.717) is 6.04 Å². The molecule has 76 valence electrons. The number of nitrogens with zero attached hydrogens (tertiary/aromatic N) is 1. The molecule has 2 aromatic rings. The Kier molecular flexibility index (Phi) is 1.78. The molecule has 0 unspecified atom stereocenters. The summed E-state index contributed by atoms with van der Waals surface area (Å²) in [5.74, 6) is 0. The molecule has 0 radical (unpaired) electrons. The first-order valence-electron chi connectivity index (χ1n) is 5.24. The molecule has 1 aliphatic carbocycles. The Morgan fingerprint density at radius 2 is 2.13 bits per heavy atom. The van der Waals surface area contributed by atoms with Gasteiger partial charge in [0.05, 0.1) is 16.9 Å². The van der Waals surface area contributed by atoms with E-state index in [1.807, 2.05) is 24.3 Å². The number of nitrogens with two attached hydrogens (primary N) is 1. The Morgan fingerprint density at radius 3 is 2.93 bits per heavy atom. The number of hydrogen-bond donors (Lipinski definition) is 2. The third-order valence-corrected chi connectivity index (χ3v) is 2.76. The quantitative estimate of drug-likeness (QED) is 0.730. The van der Waals surface area contributed by atoms with E-state index in [1.54, 1.807) is 6.20 Å². The highest BCUT2D eigenvalue weighted by molar-refractivity contribution is 5.96. The largest absolute Gasteiger partial charge is 0.397 e. The number of benzene rings is 1. The lowest BCUT2D eigenvalue weighted by molar-refractivity contribution is 1.16. The maximum absolute atomic E-state index is 6.09. The van der Waals surface area contributed by atoms with Crippen LogP contribution in [0.5, 0.6) is 0 Å². The number of nitrogens with one attached hydrogen (secondary N) is 1. The van der Waals surface area contributed by atoms with Gasteiger partial charge in [-0.15, -0.1) is 0 Å². The lowest BCUT2D eigenvalue weighted by Gasteiger charge is -2.10. The van der Waals surface area contributed by atoms with Gasteiger partial charge in [0.15, 0.2) is 0 Å². The van der Waals surface area contributed by atoms with Crippen LogP contribution in [-0.2, 0) is 0 Å². The van der Waals surface area contributed by atoms with Crippen LogP contribution in [0.15, 0.2) is 30.5 Å². The van der Waals surface area contributed by atoms with Crippen LogP contribution in [0.1, 0.15) is 12.8 Å². The number of hydrogen-bond acceptors (Lipinski definition) is 3. The van der Waals surface area contributed by atoms with Gasteiger partial charge in [-0.2, -0.15) is 0 Å². The molecular formula is C12H13N3. The number of rotatable bonds is 2. The molecule has 3 nitrogen and oxygen atoms in total. The van der Waals surface area contributed by atoms with Crippen LogP contribution in [0.2, 0.25) is 0 Å². The van der Waals surface area contributed by atoms with E-state index in [1.165, 1.54) is 12.8 Å². The minimum Gasteiger partial charge on any atom is -0.397 e. The zero-order chi connectivity index (χ0) is 10.3. The van der Waals surface area contributed by atoms with Gasteiger partial charge in [-0.1, -0.05) is 0 Å². The van der Waals surface area contributed by atoms with Crippen molar-refractivity contribution in [1.29, 1.82) is 0 Å². The summed E-state index contributed by atoms with van der Waals surface area (Å²) in [5, 5.41) is 4.45. The number of nitrogen functional groups attached to an aromatic ring is 1. The number of aromatic nitrogens is 1. The molecule has 3 rings (SSSR count). The van der Waals surface area contributed by atoms with Gasteiger partial charge in [0, 0.05) is 17.6 Å². The minimum atomic E-state index is 0.626. The lowest BCUT2D eigenvalue weighted by atomic mass is 10.1. The van der Waals surface area contributed by atoms with Crippen molar-refractivity contribution in [2.75, 3.05) is 11.1 Å². The Balaban J connectivity index is 2.11. The summed E-state index contributed by atoms with van der Waals surface area (Å²) in [5.41, 5.74) is 8.90. The van der Waals surface area contributed by atoms with E-state index in [2.05, 4.69) is 10.3 Å². The van der Waals surface area contributed by atoms with E-state index in [0.717, 1.165) is 22.3 Å². The van der Waals surface area contributed by atoms with E-state index >= 15 is 0 Å². The first-order chi connectivity index (χ1) is 7.34. The standard InChI is InChI=1S/C12H13N3/c13-12-9-2-1-7-14-10(9)5-6-11(12)15-8-3-4-8/h1-2,5-8,15H,3-4,13H2. The fourth-order valence-corrected chi connectivity index (χ4v) is 1.75. The smallest absolute Gasteiger partial charge is 0.0724 e. The van der Waals surface area contributed by atoms with Crippen LogP contribution < -0.4 is 11.1 Å². The van der Waals surface area contributed by atoms with Crippen molar-refractivity contribution in [3.8, 4) is 0 Å². The Labute approximate surface area is 88.3 Å². The van der Waals surface area contributed by atoms with Gasteiger partial charge in [-0.3, -0.25) is 4.98 Å². The van der Waals surface area contributed by atoms with Crippen molar-refractivity contribution < 1.29 is 0 Å². The molecule has 1 aromatic carbocycles. The number of fused-ring (bicyclic) bond motifs is 1. The molecule has 0 amide bonds. The zero-order valence-corrected chi connectivity index (χ0v) is 8.40. The van der Waals surface area contributed by atoms with E-state index in [-0.39, 0.29) is 0 Å². The van der Waals surface area contributed by atoms with Crippen molar-refractivity contribution in [1.82, 2.24) is 4.98 Å². The highest BCUT2D eigenvalue weighted by atomic mass is 15.0. The van der Waals surface area contributed by atoms with Crippen LogP contribution in [-0.4, -0.2) is 11.0 Å². The first kappa shape index (κ1) is 8.53. The highest BCUT2D eigenvalue weighted by Crippen LogP contribution is 2.31. The minimum absolute atomic E-state index is 0.626. The predicted octanol–water partition coefficient (Wildman–Crippen LogP) is 2.39. The predicted molar refractivity (Wildman–Crippen MR) is 62.8 cm³/mol. The van der Waals surface area contributed by atoms with Gasteiger partial charge in [0.25, 0.3) is 0 Å². The van der Waals surface area contributed by atoms with Crippen molar-refractivity contribution >= 4 is 22.3 Å². The molecule has 3 N–H and O–H groups in total. The lowest BCUT2D eigenvalue weighted by Crippen LogP contribution is -2.04. The van der Waals surface area contributed by atoms with Crippen molar-refractivity contribution in [2.24, 2.45) is 0 Å². The van der Waals surface area contributed by atoms with Crippen LogP contribution in [0.25, 0.3) is 10.9 Å². The molecule has 1 aromatic heterocycles. The summed E-state index contributed by atoms with van der Waals surface area (Å²) in [7, 11) is 0. The molecule has 15 heavy (non-hydrogen) atoms. The average molecular weight is 199 g/mol. The van der Waals surface area contributed by atoms with Gasteiger partial charge >= 0.3 is 0 Å². The monoisotopic (exact) mass is 199 g/mol. The molecule has 0 spiro atoms. The third-order valence-electron chi connectivity index (χ3n) is 2.76. The second-order valence-electron chi connectivity index (χ2n) is 4.02.